The van der Waals surface area contributed by atoms with Crippen molar-refractivity contribution in [1.29, 1.82) is 0 Å². The van der Waals surface area contributed by atoms with Crippen molar-refractivity contribution in [1.82, 2.24) is 14.7 Å². The highest BCUT2D eigenvalue weighted by molar-refractivity contribution is 5.94. The summed E-state index contributed by atoms with van der Waals surface area (Å²) in [6.07, 6.45) is -1.22. The fourth-order valence-corrected chi connectivity index (χ4v) is 2.71. The second-order valence-electron chi connectivity index (χ2n) is 6.27. The molecule has 3 aromatic rings. The number of halogens is 3. The van der Waals surface area contributed by atoms with Crippen LogP contribution < -0.4 is 4.74 Å². The average Bonchev–Trinajstić information content (AvgIpc) is 3.08. The molecule has 0 aliphatic rings. The van der Waals surface area contributed by atoms with Crippen LogP contribution in [0.5, 0.6) is 5.75 Å². The first-order valence-corrected chi connectivity index (χ1v) is 8.47. The molecule has 28 heavy (non-hydrogen) atoms. The van der Waals surface area contributed by atoms with E-state index in [0.717, 1.165) is 23.3 Å². The van der Waals surface area contributed by atoms with Gasteiger partial charge in [-0.1, -0.05) is 30.3 Å². The molecule has 0 saturated heterocycles. The van der Waals surface area contributed by atoms with E-state index >= 15 is 0 Å². The lowest BCUT2D eigenvalue weighted by molar-refractivity contribution is -0.274. The highest BCUT2D eigenvalue weighted by Gasteiger charge is 2.31. The smallest absolute Gasteiger partial charge is 0.406 e. The van der Waals surface area contributed by atoms with Gasteiger partial charge in [-0.15, -0.1) is 13.2 Å². The van der Waals surface area contributed by atoms with Gasteiger partial charge in [0, 0.05) is 30.9 Å². The summed E-state index contributed by atoms with van der Waals surface area (Å²) in [5, 5.41) is 4.30. The summed E-state index contributed by atoms with van der Waals surface area (Å²) < 4.78 is 42.2. The summed E-state index contributed by atoms with van der Waals surface area (Å²) in [6, 6.07) is 14.7. The SMILES string of the molecule is CN(Cc1cnn(Cc2ccccc2)c1)C(=O)c1ccc(OC(F)(F)F)cc1. The zero-order chi connectivity index (χ0) is 20.1. The molecule has 0 N–H and O–H groups in total. The number of ether oxygens (including phenoxy) is 1. The Balaban J connectivity index is 1.60. The third kappa shape index (κ3) is 5.35. The number of nitrogens with zero attached hydrogens (tertiary/aromatic N) is 3. The zero-order valence-electron chi connectivity index (χ0n) is 15.1. The number of benzene rings is 2. The van der Waals surface area contributed by atoms with Crippen LogP contribution in [0.3, 0.4) is 0 Å². The highest BCUT2D eigenvalue weighted by atomic mass is 19.4. The number of amides is 1. The van der Waals surface area contributed by atoms with Crippen molar-refractivity contribution in [3.05, 3.63) is 83.7 Å². The molecule has 0 aliphatic heterocycles. The van der Waals surface area contributed by atoms with E-state index in [9.17, 15) is 18.0 Å². The standard InChI is InChI=1S/C20H18F3N3O2/c1-25(19(27)17-7-9-18(10-8-17)28-20(21,22)23)12-16-11-24-26(14-16)13-15-5-3-2-4-6-15/h2-11,14H,12-13H2,1H3. The zero-order valence-corrected chi connectivity index (χ0v) is 15.1. The average molecular weight is 389 g/mol. The number of rotatable bonds is 6. The number of aromatic nitrogens is 2. The number of alkyl halides is 3. The lowest BCUT2D eigenvalue weighted by atomic mass is 10.2. The molecule has 0 saturated carbocycles. The van der Waals surface area contributed by atoms with Gasteiger partial charge in [0.15, 0.2) is 0 Å². The van der Waals surface area contributed by atoms with Crippen molar-refractivity contribution in [3.63, 3.8) is 0 Å². The molecule has 0 aliphatic carbocycles. The molecule has 0 atom stereocenters. The molecule has 0 fully saturated rings. The van der Waals surface area contributed by atoms with Crippen LogP contribution >= 0.6 is 0 Å². The predicted molar refractivity (Wildman–Crippen MR) is 96.7 cm³/mol. The Morgan fingerprint density at radius 3 is 2.39 bits per heavy atom. The molecule has 2 aromatic carbocycles. The van der Waals surface area contributed by atoms with Gasteiger partial charge >= 0.3 is 6.36 Å². The van der Waals surface area contributed by atoms with Crippen LogP contribution in [0.1, 0.15) is 21.5 Å². The monoisotopic (exact) mass is 389 g/mol. The molecule has 0 radical (unpaired) electrons. The maximum Gasteiger partial charge on any atom is 0.573 e. The number of hydrogen-bond acceptors (Lipinski definition) is 3. The van der Waals surface area contributed by atoms with E-state index in [1.54, 1.807) is 17.9 Å². The summed E-state index contributed by atoms with van der Waals surface area (Å²) in [5.41, 5.74) is 2.24. The Hall–Kier alpha value is -3.29. The van der Waals surface area contributed by atoms with Crippen LogP contribution in [0, 0.1) is 0 Å². The van der Waals surface area contributed by atoms with Gasteiger partial charge in [-0.3, -0.25) is 9.48 Å². The van der Waals surface area contributed by atoms with Crippen LogP contribution in [0.25, 0.3) is 0 Å². The maximum absolute atomic E-state index is 12.5. The number of carbonyl (C=O) groups excluding carboxylic acids is 1. The van der Waals surface area contributed by atoms with E-state index in [2.05, 4.69) is 9.84 Å². The minimum absolute atomic E-state index is 0.272. The van der Waals surface area contributed by atoms with Crippen LogP contribution in [-0.4, -0.2) is 34.0 Å². The topological polar surface area (TPSA) is 47.4 Å². The lowest BCUT2D eigenvalue weighted by Crippen LogP contribution is -2.26. The van der Waals surface area contributed by atoms with Crippen LogP contribution in [-0.2, 0) is 13.1 Å². The normalized spacial score (nSPS) is 11.3. The van der Waals surface area contributed by atoms with Gasteiger partial charge in [0.1, 0.15) is 5.75 Å². The van der Waals surface area contributed by atoms with Gasteiger partial charge in [-0.05, 0) is 29.8 Å². The van der Waals surface area contributed by atoms with E-state index in [1.165, 1.54) is 17.0 Å². The minimum atomic E-state index is -4.76. The Kier molecular flexibility index (Phi) is 5.67. The first-order valence-electron chi connectivity index (χ1n) is 8.47. The summed E-state index contributed by atoms with van der Waals surface area (Å²) in [6.45, 7) is 0.952. The minimum Gasteiger partial charge on any atom is -0.406 e. The largest absolute Gasteiger partial charge is 0.573 e. The van der Waals surface area contributed by atoms with Crippen LogP contribution in [0.4, 0.5) is 13.2 Å². The Morgan fingerprint density at radius 2 is 1.75 bits per heavy atom. The van der Waals surface area contributed by atoms with E-state index in [1.807, 2.05) is 36.5 Å². The Labute approximate surface area is 160 Å². The van der Waals surface area contributed by atoms with Crippen molar-refractivity contribution in [2.45, 2.75) is 19.5 Å². The summed E-state index contributed by atoms with van der Waals surface area (Å²) in [4.78, 5) is 14.0. The van der Waals surface area contributed by atoms with Crippen molar-refractivity contribution >= 4 is 5.91 Å². The maximum atomic E-state index is 12.5. The fraction of sp³-hybridized carbons (Fsp3) is 0.200. The van der Waals surface area contributed by atoms with E-state index in [0.29, 0.717) is 13.1 Å². The third-order valence-corrected chi connectivity index (χ3v) is 3.98. The molecule has 0 bridgehead atoms. The first kappa shape index (κ1) is 19.5. The lowest BCUT2D eigenvalue weighted by Gasteiger charge is -2.16. The van der Waals surface area contributed by atoms with Crippen molar-refractivity contribution in [2.24, 2.45) is 0 Å². The van der Waals surface area contributed by atoms with Gasteiger partial charge in [0.05, 0.1) is 12.7 Å². The molecule has 8 heteroatoms. The quantitative estimate of drug-likeness (QED) is 0.638. The van der Waals surface area contributed by atoms with Gasteiger partial charge in [0.25, 0.3) is 5.91 Å². The van der Waals surface area contributed by atoms with Crippen molar-refractivity contribution < 1.29 is 22.7 Å². The second kappa shape index (κ2) is 8.16. The van der Waals surface area contributed by atoms with E-state index < -0.39 is 6.36 Å². The van der Waals surface area contributed by atoms with Crippen LogP contribution in [0.2, 0.25) is 0 Å². The Bertz CT molecular complexity index is 922. The number of hydrogen-bond donors (Lipinski definition) is 0. The molecule has 5 nitrogen and oxygen atoms in total. The molecule has 1 amide bonds. The fourth-order valence-electron chi connectivity index (χ4n) is 2.71. The summed E-state index contributed by atoms with van der Waals surface area (Å²) in [5.74, 6) is -0.678. The Morgan fingerprint density at radius 1 is 1.07 bits per heavy atom. The van der Waals surface area contributed by atoms with Crippen LogP contribution in [0.15, 0.2) is 67.0 Å². The second-order valence-corrected chi connectivity index (χ2v) is 6.27. The molecular weight excluding hydrogens is 371 g/mol. The highest BCUT2D eigenvalue weighted by Crippen LogP contribution is 2.23. The van der Waals surface area contributed by atoms with Gasteiger partial charge in [0.2, 0.25) is 0 Å². The van der Waals surface area contributed by atoms with Gasteiger partial charge in [-0.2, -0.15) is 5.10 Å². The predicted octanol–water partition coefficient (Wildman–Crippen LogP) is 4.10. The molecule has 0 spiro atoms. The molecular formula is C20H18F3N3O2. The molecule has 1 heterocycles. The molecule has 0 unspecified atom stereocenters. The summed E-state index contributed by atoms with van der Waals surface area (Å²) >= 11 is 0. The van der Waals surface area contributed by atoms with Crippen molar-refractivity contribution in [2.75, 3.05) is 7.05 Å². The summed E-state index contributed by atoms with van der Waals surface area (Å²) in [7, 11) is 1.62. The van der Waals surface area contributed by atoms with E-state index in [4.69, 9.17) is 0 Å². The molecule has 1 aromatic heterocycles. The van der Waals surface area contributed by atoms with Gasteiger partial charge < -0.3 is 9.64 Å². The molecule has 146 valence electrons. The third-order valence-electron chi connectivity index (χ3n) is 3.98. The van der Waals surface area contributed by atoms with E-state index in [-0.39, 0.29) is 17.2 Å². The van der Waals surface area contributed by atoms with Crippen molar-refractivity contribution in [3.8, 4) is 5.75 Å². The molecule has 3 rings (SSSR count). The van der Waals surface area contributed by atoms with Gasteiger partial charge in [-0.25, -0.2) is 0 Å². The first-order chi connectivity index (χ1) is 13.3. The number of carbonyl (C=O) groups is 1.